The molecule has 2 aromatic heterocycles. The maximum Gasteiger partial charge on any atom is 0.416 e. The Hall–Kier alpha value is -2.81. The zero-order chi connectivity index (χ0) is 19.0. The third-order valence-corrected chi connectivity index (χ3v) is 4.68. The number of aliphatic hydroxyl groups is 1. The highest BCUT2D eigenvalue weighted by atomic mass is 19.4. The van der Waals surface area contributed by atoms with Gasteiger partial charge in [0.05, 0.1) is 5.56 Å². The van der Waals surface area contributed by atoms with Gasteiger partial charge in [0, 0.05) is 31.3 Å². The van der Waals surface area contributed by atoms with E-state index in [9.17, 15) is 18.3 Å². The van der Waals surface area contributed by atoms with Gasteiger partial charge in [-0.1, -0.05) is 6.07 Å². The largest absolute Gasteiger partial charge is 0.416 e. The first-order valence-corrected chi connectivity index (χ1v) is 8.60. The number of nitrogens with zero attached hydrogens (tertiary/aromatic N) is 4. The van der Waals surface area contributed by atoms with Gasteiger partial charge in [-0.2, -0.15) is 22.7 Å². The van der Waals surface area contributed by atoms with Crippen molar-refractivity contribution in [2.24, 2.45) is 5.92 Å². The Bertz CT molecular complexity index is 938. The van der Waals surface area contributed by atoms with Gasteiger partial charge >= 0.3 is 6.18 Å². The molecule has 0 radical (unpaired) electrons. The molecule has 0 bridgehead atoms. The maximum atomic E-state index is 12.7. The third kappa shape index (κ3) is 3.55. The number of aliphatic hydroxyl groups excluding tert-OH is 1. The van der Waals surface area contributed by atoms with Crippen LogP contribution >= 0.6 is 0 Å². The number of hydrogen-bond acceptors (Lipinski definition) is 5. The third-order valence-electron chi connectivity index (χ3n) is 4.68. The molecule has 1 aromatic carbocycles. The van der Waals surface area contributed by atoms with E-state index in [0.717, 1.165) is 37.5 Å². The highest BCUT2D eigenvalue weighted by Gasteiger charge is 2.30. The van der Waals surface area contributed by atoms with Crippen LogP contribution < -0.4 is 10.2 Å². The van der Waals surface area contributed by atoms with Crippen molar-refractivity contribution in [2.45, 2.75) is 12.6 Å². The van der Waals surface area contributed by atoms with E-state index in [1.54, 1.807) is 4.52 Å². The maximum absolute atomic E-state index is 12.7. The van der Waals surface area contributed by atoms with E-state index in [2.05, 4.69) is 20.3 Å². The average Bonchev–Trinajstić information content (AvgIpc) is 3.27. The van der Waals surface area contributed by atoms with Crippen LogP contribution in [0, 0.1) is 5.92 Å². The van der Waals surface area contributed by atoms with Crippen LogP contribution in [0.2, 0.25) is 0 Å². The van der Waals surface area contributed by atoms with Crippen LogP contribution in [-0.4, -0.2) is 39.4 Å². The summed E-state index contributed by atoms with van der Waals surface area (Å²) in [7, 11) is 0. The molecule has 3 aromatic rings. The molecule has 3 heterocycles. The fourth-order valence-corrected chi connectivity index (χ4v) is 3.25. The number of rotatable bonds is 4. The van der Waals surface area contributed by atoms with Gasteiger partial charge in [-0.25, -0.2) is 0 Å². The lowest BCUT2D eigenvalue weighted by Gasteiger charge is -2.18. The number of anilines is 3. The summed E-state index contributed by atoms with van der Waals surface area (Å²) in [4.78, 5) is 6.54. The van der Waals surface area contributed by atoms with Crippen molar-refractivity contribution in [2.75, 3.05) is 29.9 Å². The molecule has 1 saturated heterocycles. The lowest BCUT2D eigenvalue weighted by molar-refractivity contribution is -0.137. The van der Waals surface area contributed by atoms with E-state index < -0.39 is 11.7 Å². The monoisotopic (exact) mass is 377 g/mol. The summed E-state index contributed by atoms with van der Waals surface area (Å²) in [6.45, 7) is 1.73. The fraction of sp³-hybridized carbons (Fsp3) is 0.333. The summed E-state index contributed by atoms with van der Waals surface area (Å²) < 4.78 is 39.7. The zero-order valence-corrected chi connectivity index (χ0v) is 14.3. The molecule has 0 unspecified atom stereocenters. The number of aromatic nitrogens is 3. The van der Waals surface area contributed by atoms with Gasteiger partial charge in [-0.05, 0) is 42.8 Å². The molecule has 9 heteroatoms. The second kappa shape index (κ2) is 6.73. The second-order valence-electron chi connectivity index (χ2n) is 6.57. The Kier molecular flexibility index (Phi) is 4.39. The SMILES string of the molecule is OC[C@@H]1CCN(c2cccc3nc(Nc4ccc(C(F)(F)F)cc4)nn23)C1. The minimum atomic E-state index is -4.36. The number of halogens is 3. The first-order valence-electron chi connectivity index (χ1n) is 8.60. The molecule has 0 amide bonds. The van der Waals surface area contributed by atoms with Crippen molar-refractivity contribution in [1.82, 2.24) is 14.6 Å². The molecule has 1 aliphatic rings. The number of pyridine rings is 1. The van der Waals surface area contributed by atoms with Gasteiger partial charge in [0.2, 0.25) is 5.95 Å². The molecule has 0 saturated carbocycles. The quantitative estimate of drug-likeness (QED) is 0.730. The van der Waals surface area contributed by atoms with Gasteiger partial charge in [-0.3, -0.25) is 0 Å². The lowest BCUT2D eigenvalue weighted by Crippen LogP contribution is -2.23. The van der Waals surface area contributed by atoms with Crippen LogP contribution in [0.3, 0.4) is 0 Å². The van der Waals surface area contributed by atoms with Crippen LogP contribution in [0.5, 0.6) is 0 Å². The average molecular weight is 377 g/mol. The lowest BCUT2D eigenvalue weighted by atomic mass is 10.1. The van der Waals surface area contributed by atoms with Crippen LogP contribution in [0.25, 0.3) is 5.65 Å². The summed E-state index contributed by atoms with van der Waals surface area (Å²) >= 11 is 0. The molecule has 1 fully saturated rings. The van der Waals surface area contributed by atoms with E-state index >= 15 is 0 Å². The molecule has 4 rings (SSSR count). The summed E-state index contributed by atoms with van der Waals surface area (Å²) in [5.41, 5.74) is 0.405. The minimum Gasteiger partial charge on any atom is -0.396 e. The highest BCUT2D eigenvalue weighted by Crippen LogP contribution is 2.30. The van der Waals surface area contributed by atoms with Gasteiger partial charge < -0.3 is 15.3 Å². The second-order valence-corrected chi connectivity index (χ2v) is 6.57. The fourth-order valence-electron chi connectivity index (χ4n) is 3.25. The molecule has 142 valence electrons. The number of alkyl halides is 3. The van der Waals surface area contributed by atoms with Crippen LogP contribution in [0.15, 0.2) is 42.5 Å². The summed E-state index contributed by atoms with van der Waals surface area (Å²) in [6.07, 6.45) is -3.45. The van der Waals surface area contributed by atoms with Crippen LogP contribution in [0.4, 0.5) is 30.6 Å². The van der Waals surface area contributed by atoms with Crippen LogP contribution in [0.1, 0.15) is 12.0 Å². The first-order chi connectivity index (χ1) is 12.9. The van der Waals surface area contributed by atoms with Gasteiger partial charge in [0.25, 0.3) is 0 Å². The number of benzene rings is 1. The van der Waals surface area contributed by atoms with Crippen LogP contribution in [-0.2, 0) is 6.18 Å². The summed E-state index contributed by atoms with van der Waals surface area (Å²) in [6, 6.07) is 10.4. The van der Waals surface area contributed by atoms with Crippen molar-refractivity contribution in [1.29, 1.82) is 0 Å². The van der Waals surface area contributed by atoms with E-state index in [0.29, 0.717) is 17.3 Å². The van der Waals surface area contributed by atoms with E-state index in [1.165, 1.54) is 12.1 Å². The van der Waals surface area contributed by atoms with Crippen molar-refractivity contribution in [3.63, 3.8) is 0 Å². The smallest absolute Gasteiger partial charge is 0.396 e. The van der Waals surface area contributed by atoms with Crippen molar-refractivity contribution >= 4 is 23.1 Å². The topological polar surface area (TPSA) is 65.7 Å². The Morgan fingerprint density at radius 2 is 1.93 bits per heavy atom. The zero-order valence-electron chi connectivity index (χ0n) is 14.3. The first kappa shape index (κ1) is 17.6. The van der Waals surface area contributed by atoms with Crippen molar-refractivity contribution in [3.8, 4) is 0 Å². The molecule has 27 heavy (non-hydrogen) atoms. The number of fused-ring (bicyclic) bond motifs is 1. The molecular formula is C18H18F3N5O. The summed E-state index contributed by atoms with van der Waals surface area (Å²) in [5.74, 6) is 1.42. The highest BCUT2D eigenvalue weighted by molar-refractivity contribution is 5.59. The summed E-state index contributed by atoms with van der Waals surface area (Å²) in [5, 5.41) is 16.7. The molecule has 2 N–H and O–H groups in total. The molecule has 6 nitrogen and oxygen atoms in total. The Labute approximate surface area is 153 Å². The number of nitrogens with one attached hydrogen (secondary N) is 1. The predicted octanol–water partition coefficient (Wildman–Crippen LogP) is 3.31. The van der Waals surface area contributed by atoms with Crippen molar-refractivity contribution < 1.29 is 18.3 Å². The molecule has 0 spiro atoms. The normalized spacial score (nSPS) is 17.6. The minimum absolute atomic E-state index is 0.157. The standard InChI is InChI=1S/C18H18F3N5O/c19-18(20,21)13-4-6-14(7-5-13)22-17-23-15-2-1-3-16(26(15)24-17)25-9-8-12(10-25)11-27/h1-7,12,27H,8-11H2,(H,22,24)/t12-/m1/s1. The predicted molar refractivity (Wildman–Crippen MR) is 95.1 cm³/mol. The van der Waals surface area contributed by atoms with E-state index in [-0.39, 0.29) is 12.5 Å². The van der Waals surface area contributed by atoms with Gasteiger partial charge in [-0.15, -0.1) is 5.10 Å². The Morgan fingerprint density at radius 1 is 1.15 bits per heavy atom. The van der Waals surface area contributed by atoms with Gasteiger partial charge in [0.1, 0.15) is 5.82 Å². The molecule has 1 atom stereocenters. The molecule has 1 aliphatic heterocycles. The van der Waals surface area contributed by atoms with Gasteiger partial charge in [0.15, 0.2) is 5.65 Å². The Morgan fingerprint density at radius 3 is 2.59 bits per heavy atom. The Balaban J connectivity index is 1.58. The van der Waals surface area contributed by atoms with Crippen molar-refractivity contribution in [3.05, 3.63) is 48.0 Å². The van der Waals surface area contributed by atoms with E-state index in [4.69, 9.17) is 0 Å². The number of hydrogen-bond donors (Lipinski definition) is 2. The van der Waals surface area contributed by atoms with E-state index in [1.807, 2.05) is 18.2 Å². The molecule has 0 aliphatic carbocycles. The molecular weight excluding hydrogens is 359 g/mol.